The van der Waals surface area contributed by atoms with Crippen molar-refractivity contribution in [3.8, 4) is 10.6 Å². The Bertz CT molecular complexity index is 1340. The number of nitrogens with zero attached hydrogens (tertiary/aromatic N) is 2. The van der Waals surface area contributed by atoms with Crippen LogP contribution in [0.3, 0.4) is 0 Å². The minimum atomic E-state index is -0.123. The van der Waals surface area contributed by atoms with Gasteiger partial charge in [0.1, 0.15) is 15.4 Å². The molecule has 0 aliphatic heterocycles. The van der Waals surface area contributed by atoms with Gasteiger partial charge in [0.25, 0.3) is 5.91 Å². The van der Waals surface area contributed by atoms with Gasteiger partial charge < -0.3 is 5.32 Å². The topological polar surface area (TPSA) is 54.9 Å². The fourth-order valence-electron chi connectivity index (χ4n) is 3.41. The highest BCUT2D eigenvalue weighted by molar-refractivity contribution is 7.21. The molecule has 0 saturated carbocycles. The maximum Gasteiger partial charge on any atom is 0.255 e. The summed E-state index contributed by atoms with van der Waals surface area (Å²) in [5, 5.41) is 6.12. The van der Waals surface area contributed by atoms with Crippen LogP contribution >= 0.6 is 11.3 Å². The van der Waals surface area contributed by atoms with Crippen LogP contribution in [-0.4, -0.2) is 15.9 Å². The molecule has 0 spiro atoms. The molecule has 1 amide bonds. The number of rotatable bonds is 3. The third-order valence-corrected chi connectivity index (χ3v) is 6.00. The molecule has 2 aromatic heterocycles. The lowest BCUT2D eigenvalue weighted by molar-refractivity contribution is 0.102. The molecule has 1 N–H and O–H groups in total. The van der Waals surface area contributed by atoms with E-state index >= 15 is 0 Å². The fourth-order valence-corrected chi connectivity index (χ4v) is 4.40. The van der Waals surface area contributed by atoms with Crippen molar-refractivity contribution < 1.29 is 4.79 Å². The first-order valence-corrected chi connectivity index (χ1v) is 10.1. The quantitative estimate of drug-likeness (QED) is 0.403. The Labute approximate surface area is 171 Å². The van der Waals surface area contributed by atoms with Crippen molar-refractivity contribution in [1.82, 2.24) is 9.97 Å². The largest absolute Gasteiger partial charge is 0.322 e. The molecule has 0 unspecified atom stereocenters. The van der Waals surface area contributed by atoms with Crippen LogP contribution in [0.15, 0.2) is 79.0 Å². The zero-order valence-electron chi connectivity index (χ0n) is 15.7. The van der Waals surface area contributed by atoms with Crippen molar-refractivity contribution in [2.24, 2.45) is 0 Å². The molecule has 5 heteroatoms. The van der Waals surface area contributed by atoms with E-state index in [1.807, 2.05) is 79.7 Å². The number of carbonyl (C=O) groups excluding carboxylic acids is 1. The zero-order valence-corrected chi connectivity index (χ0v) is 16.5. The number of anilines is 1. The van der Waals surface area contributed by atoms with Gasteiger partial charge in [0.2, 0.25) is 0 Å². The van der Waals surface area contributed by atoms with Gasteiger partial charge in [0.15, 0.2) is 0 Å². The Morgan fingerprint density at radius 1 is 0.931 bits per heavy atom. The van der Waals surface area contributed by atoms with E-state index in [1.54, 1.807) is 17.5 Å². The molecule has 0 aliphatic carbocycles. The van der Waals surface area contributed by atoms with E-state index in [0.717, 1.165) is 42.9 Å². The lowest BCUT2D eigenvalue weighted by Gasteiger charge is -2.11. The van der Waals surface area contributed by atoms with Crippen molar-refractivity contribution in [1.29, 1.82) is 0 Å². The molecule has 29 heavy (non-hydrogen) atoms. The first kappa shape index (κ1) is 17.5. The lowest BCUT2D eigenvalue weighted by Crippen LogP contribution is -2.13. The van der Waals surface area contributed by atoms with Gasteiger partial charge in [-0.1, -0.05) is 53.8 Å². The third kappa shape index (κ3) is 3.26. The van der Waals surface area contributed by atoms with Crippen molar-refractivity contribution in [3.63, 3.8) is 0 Å². The van der Waals surface area contributed by atoms with Crippen LogP contribution in [-0.2, 0) is 0 Å². The molecule has 0 aliphatic rings. The predicted molar refractivity (Wildman–Crippen MR) is 119 cm³/mol. The number of thiazole rings is 1. The van der Waals surface area contributed by atoms with Crippen LogP contribution in [0.25, 0.3) is 31.7 Å². The third-order valence-electron chi connectivity index (χ3n) is 4.99. The van der Waals surface area contributed by atoms with Gasteiger partial charge in [0, 0.05) is 23.0 Å². The lowest BCUT2D eigenvalue weighted by atomic mass is 10.1. The Balaban J connectivity index is 1.48. The van der Waals surface area contributed by atoms with Gasteiger partial charge in [-0.05, 0) is 53.6 Å². The Hall–Kier alpha value is -3.57. The number of benzene rings is 3. The van der Waals surface area contributed by atoms with Gasteiger partial charge in [-0.25, -0.2) is 9.97 Å². The molecule has 5 aromatic rings. The van der Waals surface area contributed by atoms with Gasteiger partial charge in [-0.2, -0.15) is 0 Å². The Morgan fingerprint density at radius 3 is 2.66 bits per heavy atom. The average Bonchev–Trinajstić information content (AvgIpc) is 3.19. The number of hydrogen-bond acceptors (Lipinski definition) is 4. The van der Waals surface area contributed by atoms with Crippen molar-refractivity contribution in [2.45, 2.75) is 6.92 Å². The molecule has 0 fully saturated rings. The van der Waals surface area contributed by atoms with Gasteiger partial charge >= 0.3 is 0 Å². The minimum absolute atomic E-state index is 0.123. The summed E-state index contributed by atoms with van der Waals surface area (Å²) in [6.07, 6.45) is 1.78. The summed E-state index contributed by atoms with van der Waals surface area (Å²) < 4.78 is 0. The Morgan fingerprint density at radius 2 is 1.79 bits per heavy atom. The number of carbonyl (C=O) groups is 1. The molecule has 0 radical (unpaired) electrons. The molecule has 140 valence electrons. The van der Waals surface area contributed by atoms with E-state index in [1.165, 1.54) is 0 Å². The summed E-state index contributed by atoms with van der Waals surface area (Å²) in [5.74, 6) is -0.123. The van der Waals surface area contributed by atoms with Crippen LogP contribution in [0.2, 0.25) is 0 Å². The maximum atomic E-state index is 12.9. The summed E-state index contributed by atoms with van der Waals surface area (Å²) in [7, 11) is 0. The van der Waals surface area contributed by atoms with Crippen LogP contribution in [0, 0.1) is 6.92 Å². The first-order chi connectivity index (χ1) is 14.2. The molecule has 0 atom stereocenters. The molecule has 0 saturated heterocycles. The highest BCUT2D eigenvalue weighted by atomic mass is 32.1. The van der Waals surface area contributed by atoms with Gasteiger partial charge in [-0.15, -0.1) is 0 Å². The van der Waals surface area contributed by atoms with E-state index in [9.17, 15) is 4.79 Å². The number of amides is 1. The summed E-state index contributed by atoms with van der Waals surface area (Å²) in [4.78, 5) is 22.9. The van der Waals surface area contributed by atoms with Crippen molar-refractivity contribution in [3.05, 3.63) is 90.1 Å². The summed E-state index contributed by atoms with van der Waals surface area (Å²) >= 11 is 1.55. The smallest absolute Gasteiger partial charge is 0.255 e. The molecule has 3 aromatic carbocycles. The highest BCUT2D eigenvalue weighted by Crippen LogP contribution is 2.33. The second kappa shape index (κ2) is 7.11. The molecule has 2 heterocycles. The second-order valence-corrected chi connectivity index (χ2v) is 7.82. The minimum Gasteiger partial charge on any atom is -0.322 e. The normalized spacial score (nSPS) is 11.1. The van der Waals surface area contributed by atoms with E-state index in [2.05, 4.69) is 10.3 Å². The summed E-state index contributed by atoms with van der Waals surface area (Å²) in [6.45, 7) is 2.00. The standard InChI is InChI=1S/C24H17N3OS/c1-15-19(23-27-21-10-5-13-25-24(21)29-23)8-4-9-20(15)26-22(28)18-12-11-16-6-2-3-7-17(16)14-18/h2-14H,1H3,(H,26,28). The van der Waals surface area contributed by atoms with E-state index in [0.29, 0.717) is 5.56 Å². The zero-order chi connectivity index (χ0) is 19.8. The van der Waals surface area contributed by atoms with Crippen LogP contribution < -0.4 is 5.32 Å². The SMILES string of the molecule is Cc1c(NC(=O)c2ccc3ccccc3c2)cccc1-c1nc2cccnc2s1. The number of pyridine rings is 1. The van der Waals surface area contributed by atoms with Crippen LogP contribution in [0.1, 0.15) is 15.9 Å². The molecular formula is C24H17N3OS. The molecule has 5 rings (SSSR count). The predicted octanol–water partition coefficient (Wildman–Crippen LogP) is 6.07. The van der Waals surface area contributed by atoms with E-state index < -0.39 is 0 Å². The van der Waals surface area contributed by atoms with Crippen molar-refractivity contribution >= 4 is 44.1 Å². The maximum absolute atomic E-state index is 12.9. The second-order valence-electron chi connectivity index (χ2n) is 6.84. The van der Waals surface area contributed by atoms with Gasteiger partial charge in [-0.3, -0.25) is 4.79 Å². The Kier molecular flexibility index (Phi) is 4.30. The first-order valence-electron chi connectivity index (χ1n) is 9.31. The van der Waals surface area contributed by atoms with E-state index in [4.69, 9.17) is 4.98 Å². The van der Waals surface area contributed by atoms with E-state index in [-0.39, 0.29) is 5.91 Å². The number of fused-ring (bicyclic) bond motifs is 2. The van der Waals surface area contributed by atoms with Gasteiger partial charge in [0.05, 0.1) is 0 Å². The van der Waals surface area contributed by atoms with Crippen LogP contribution in [0.4, 0.5) is 5.69 Å². The summed E-state index contributed by atoms with van der Waals surface area (Å²) in [5.41, 5.74) is 4.30. The summed E-state index contributed by atoms with van der Waals surface area (Å²) in [6, 6.07) is 23.5. The number of aromatic nitrogens is 2. The van der Waals surface area contributed by atoms with Crippen LogP contribution in [0.5, 0.6) is 0 Å². The fraction of sp³-hybridized carbons (Fsp3) is 0.0417. The monoisotopic (exact) mass is 395 g/mol. The average molecular weight is 395 g/mol. The molecule has 0 bridgehead atoms. The number of hydrogen-bond donors (Lipinski definition) is 1. The number of nitrogens with one attached hydrogen (secondary N) is 1. The van der Waals surface area contributed by atoms with Crippen molar-refractivity contribution in [2.75, 3.05) is 5.32 Å². The molecular weight excluding hydrogens is 378 g/mol. The molecule has 4 nitrogen and oxygen atoms in total. The highest BCUT2D eigenvalue weighted by Gasteiger charge is 2.14.